The third kappa shape index (κ3) is 4.24. The quantitative estimate of drug-likeness (QED) is 0.349. The Morgan fingerprint density at radius 1 is 1.03 bits per heavy atom. The van der Waals surface area contributed by atoms with E-state index in [1.807, 2.05) is 54.8 Å². The van der Waals surface area contributed by atoms with Gasteiger partial charge in [0.1, 0.15) is 5.75 Å². The molecule has 0 fully saturated rings. The molecule has 0 spiro atoms. The van der Waals surface area contributed by atoms with Gasteiger partial charge in [0.25, 0.3) is 0 Å². The molecule has 0 saturated heterocycles. The number of ketones is 1. The Labute approximate surface area is 193 Å². The van der Waals surface area contributed by atoms with Gasteiger partial charge < -0.3 is 4.74 Å². The van der Waals surface area contributed by atoms with Crippen LogP contribution in [0.3, 0.4) is 0 Å². The number of aryl methyl sites for hydroxylation is 1. The van der Waals surface area contributed by atoms with Crippen LogP contribution in [0, 0.1) is 6.92 Å². The number of fused-ring (bicyclic) bond motifs is 1. The Morgan fingerprint density at radius 3 is 2.67 bits per heavy atom. The molecule has 3 aromatic heterocycles. The van der Waals surface area contributed by atoms with Crippen LogP contribution in [0.5, 0.6) is 5.75 Å². The lowest BCUT2D eigenvalue weighted by Crippen LogP contribution is -2.16. The lowest BCUT2D eigenvalue weighted by atomic mass is 10.1. The van der Waals surface area contributed by atoms with Gasteiger partial charge in [0.05, 0.1) is 22.3 Å². The zero-order chi connectivity index (χ0) is 22.8. The minimum Gasteiger partial charge on any atom is -0.410 e. The number of carbonyl (C=O) groups excluding carboxylic acids is 2. The van der Waals surface area contributed by atoms with Crippen molar-refractivity contribution in [2.45, 2.75) is 6.92 Å². The van der Waals surface area contributed by atoms with Crippen molar-refractivity contribution >= 4 is 34.5 Å². The number of ether oxygens (including phenoxy) is 1. The summed E-state index contributed by atoms with van der Waals surface area (Å²) in [6.45, 7) is 1.96. The van der Waals surface area contributed by atoms with Crippen LogP contribution in [0.1, 0.15) is 20.8 Å². The number of carbonyl (C=O) groups is 2. The van der Waals surface area contributed by atoms with Gasteiger partial charge in [-0.3, -0.25) is 10.1 Å². The summed E-state index contributed by atoms with van der Waals surface area (Å²) in [4.78, 5) is 30.2. The van der Waals surface area contributed by atoms with Gasteiger partial charge in [0, 0.05) is 17.4 Å². The first-order valence-electron chi connectivity index (χ1n) is 10.2. The summed E-state index contributed by atoms with van der Waals surface area (Å²) in [5, 5.41) is 9.01. The highest BCUT2D eigenvalue weighted by Crippen LogP contribution is 2.25. The maximum absolute atomic E-state index is 12.8. The fourth-order valence-electron chi connectivity index (χ4n) is 3.42. The molecule has 33 heavy (non-hydrogen) atoms. The van der Waals surface area contributed by atoms with Crippen molar-refractivity contribution in [1.82, 2.24) is 14.6 Å². The van der Waals surface area contributed by atoms with E-state index in [0.29, 0.717) is 27.5 Å². The van der Waals surface area contributed by atoms with E-state index in [2.05, 4.69) is 15.4 Å². The molecule has 0 aliphatic rings. The maximum atomic E-state index is 12.8. The molecule has 0 aliphatic heterocycles. The van der Waals surface area contributed by atoms with Crippen LogP contribution in [0.25, 0.3) is 16.9 Å². The smallest absolute Gasteiger partial charge is 0.410 e. The molecule has 0 saturated carbocycles. The predicted molar refractivity (Wildman–Crippen MR) is 127 cm³/mol. The second-order valence-electron chi connectivity index (χ2n) is 7.34. The van der Waals surface area contributed by atoms with Crippen LogP contribution in [0.15, 0.2) is 84.5 Å². The van der Waals surface area contributed by atoms with Gasteiger partial charge in [-0.1, -0.05) is 35.9 Å². The normalized spacial score (nSPS) is 10.8. The number of anilines is 1. The molecule has 1 N–H and O–H groups in total. The van der Waals surface area contributed by atoms with E-state index < -0.39 is 6.09 Å². The molecule has 1 amide bonds. The molecule has 2 aromatic carbocycles. The van der Waals surface area contributed by atoms with Crippen molar-refractivity contribution in [3.05, 3.63) is 101 Å². The van der Waals surface area contributed by atoms with E-state index in [9.17, 15) is 9.59 Å². The number of nitrogens with one attached hydrogen (secondary N) is 1. The van der Waals surface area contributed by atoms with Crippen LogP contribution in [0.4, 0.5) is 10.5 Å². The van der Waals surface area contributed by atoms with Gasteiger partial charge in [-0.15, -0.1) is 11.3 Å². The fourth-order valence-corrected chi connectivity index (χ4v) is 4.10. The predicted octanol–water partition coefficient (Wildman–Crippen LogP) is 5.61. The second kappa shape index (κ2) is 8.68. The summed E-state index contributed by atoms with van der Waals surface area (Å²) in [7, 11) is 0. The summed E-state index contributed by atoms with van der Waals surface area (Å²) >= 11 is 1.38. The van der Waals surface area contributed by atoms with Crippen molar-refractivity contribution < 1.29 is 14.3 Å². The van der Waals surface area contributed by atoms with Crippen molar-refractivity contribution in [2.24, 2.45) is 0 Å². The Morgan fingerprint density at radius 2 is 1.88 bits per heavy atom. The van der Waals surface area contributed by atoms with Gasteiger partial charge in [0.15, 0.2) is 5.65 Å². The summed E-state index contributed by atoms with van der Waals surface area (Å²) in [5.74, 6) is 0.350. The molecule has 5 rings (SSSR count). The van der Waals surface area contributed by atoms with Crippen molar-refractivity contribution in [3.63, 3.8) is 0 Å². The first-order valence-corrected chi connectivity index (χ1v) is 11.0. The average Bonchev–Trinajstić information content (AvgIpc) is 3.50. The van der Waals surface area contributed by atoms with Crippen molar-refractivity contribution in [2.75, 3.05) is 5.32 Å². The van der Waals surface area contributed by atoms with E-state index in [1.54, 1.807) is 35.0 Å². The number of hydrogen-bond donors (Lipinski definition) is 1. The monoisotopic (exact) mass is 454 g/mol. The number of aromatic nitrogens is 3. The third-order valence-electron chi connectivity index (χ3n) is 5.03. The Kier molecular flexibility index (Phi) is 5.42. The van der Waals surface area contributed by atoms with Gasteiger partial charge in [-0.2, -0.15) is 5.10 Å². The molecule has 162 valence electrons. The number of hydrogen-bond acceptors (Lipinski definition) is 6. The Bertz CT molecular complexity index is 1460. The summed E-state index contributed by atoms with van der Waals surface area (Å²) in [6, 6.07) is 20.0. The Balaban J connectivity index is 1.41. The number of amides is 1. The highest BCUT2D eigenvalue weighted by Gasteiger charge is 2.18. The lowest BCUT2D eigenvalue weighted by molar-refractivity contribution is 0.104. The molecule has 0 bridgehead atoms. The molecule has 0 radical (unpaired) electrons. The number of nitrogens with zero attached hydrogens (tertiary/aromatic N) is 3. The van der Waals surface area contributed by atoms with Gasteiger partial charge in [-0.05, 0) is 48.7 Å². The molecule has 0 unspecified atom stereocenters. The topological polar surface area (TPSA) is 85.6 Å². The Hall–Kier alpha value is -4.30. The van der Waals surface area contributed by atoms with Gasteiger partial charge in [0.2, 0.25) is 5.78 Å². The highest BCUT2D eigenvalue weighted by atomic mass is 32.1. The number of rotatable bonds is 5. The SMILES string of the molecule is Cc1ccc(OC(=O)Nc2cccc(-c3ccnc4c(C(=O)c5cccs5)cnn34)c2)cc1. The van der Waals surface area contributed by atoms with Crippen molar-refractivity contribution in [3.8, 4) is 17.0 Å². The van der Waals surface area contributed by atoms with Crippen LogP contribution in [-0.2, 0) is 0 Å². The third-order valence-corrected chi connectivity index (χ3v) is 5.90. The van der Waals surface area contributed by atoms with Crippen LogP contribution in [-0.4, -0.2) is 26.5 Å². The lowest BCUT2D eigenvalue weighted by Gasteiger charge is -2.09. The fraction of sp³-hybridized carbons (Fsp3) is 0.0400. The average molecular weight is 455 g/mol. The largest absolute Gasteiger partial charge is 0.417 e. The van der Waals surface area contributed by atoms with E-state index in [1.165, 1.54) is 17.5 Å². The maximum Gasteiger partial charge on any atom is 0.417 e. The van der Waals surface area contributed by atoms with E-state index >= 15 is 0 Å². The van der Waals surface area contributed by atoms with Gasteiger partial charge in [-0.25, -0.2) is 14.3 Å². The van der Waals surface area contributed by atoms with Crippen LogP contribution >= 0.6 is 11.3 Å². The first-order chi connectivity index (χ1) is 16.1. The minimum atomic E-state index is -0.584. The first kappa shape index (κ1) is 20.6. The molecule has 3 heterocycles. The molecular formula is C25H18N4O3S. The van der Waals surface area contributed by atoms with Crippen LogP contribution in [0.2, 0.25) is 0 Å². The van der Waals surface area contributed by atoms with Crippen molar-refractivity contribution in [1.29, 1.82) is 0 Å². The second-order valence-corrected chi connectivity index (χ2v) is 8.29. The molecule has 0 atom stereocenters. The molecular weight excluding hydrogens is 436 g/mol. The summed E-state index contributed by atoms with van der Waals surface area (Å²) in [6.07, 6.45) is 2.59. The standard InChI is InChI=1S/C25H18N4O3S/c1-16-7-9-19(10-8-16)32-25(31)28-18-5-2-4-17(14-18)21-11-12-26-24-20(15-27-29(21)24)23(30)22-6-3-13-33-22/h2-15H,1H3,(H,28,31). The van der Waals surface area contributed by atoms with Crippen LogP contribution < -0.4 is 10.1 Å². The number of thiophene rings is 1. The molecule has 8 heteroatoms. The number of benzene rings is 2. The zero-order valence-electron chi connectivity index (χ0n) is 17.6. The molecule has 7 nitrogen and oxygen atoms in total. The van der Waals surface area contributed by atoms with E-state index in [-0.39, 0.29) is 5.78 Å². The highest BCUT2D eigenvalue weighted by molar-refractivity contribution is 7.12. The van der Waals surface area contributed by atoms with E-state index in [0.717, 1.165) is 16.8 Å². The van der Waals surface area contributed by atoms with Gasteiger partial charge >= 0.3 is 6.09 Å². The van der Waals surface area contributed by atoms with E-state index in [4.69, 9.17) is 4.74 Å². The summed E-state index contributed by atoms with van der Waals surface area (Å²) < 4.78 is 6.97. The minimum absolute atomic E-state index is 0.112. The summed E-state index contributed by atoms with van der Waals surface area (Å²) in [5.41, 5.74) is 4.10. The molecule has 0 aliphatic carbocycles. The molecule has 5 aromatic rings. The zero-order valence-corrected chi connectivity index (χ0v) is 18.4.